The van der Waals surface area contributed by atoms with Gasteiger partial charge in [0, 0.05) is 21.9 Å². The highest BCUT2D eigenvalue weighted by atomic mass is 127. The first kappa shape index (κ1) is 14.7. The molecule has 2 rings (SSSR count). The van der Waals surface area contributed by atoms with E-state index in [9.17, 15) is 14.9 Å². The Morgan fingerprint density at radius 1 is 1.35 bits per heavy atom. The third kappa shape index (κ3) is 3.42. The maximum atomic E-state index is 12.1. The van der Waals surface area contributed by atoms with Gasteiger partial charge < -0.3 is 5.32 Å². The van der Waals surface area contributed by atoms with E-state index < -0.39 is 10.8 Å². The molecule has 0 radical (unpaired) electrons. The van der Waals surface area contributed by atoms with Gasteiger partial charge in [0.15, 0.2) is 0 Å². The molecule has 0 atom stereocenters. The van der Waals surface area contributed by atoms with Crippen molar-refractivity contribution in [3.05, 3.63) is 60.8 Å². The molecular formula is C12H7ClIN3O3. The molecule has 0 aliphatic carbocycles. The number of halogens is 2. The Morgan fingerprint density at radius 2 is 2.10 bits per heavy atom. The summed E-state index contributed by atoms with van der Waals surface area (Å²) in [7, 11) is 0. The van der Waals surface area contributed by atoms with Gasteiger partial charge in [-0.2, -0.15) is 0 Å². The van der Waals surface area contributed by atoms with Crippen LogP contribution < -0.4 is 5.32 Å². The number of rotatable bonds is 3. The van der Waals surface area contributed by atoms with Crippen molar-refractivity contribution in [2.45, 2.75) is 0 Å². The zero-order chi connectivity index (χ0) is 14.7. The highest BCUT2D eigenvalue weighted by Gasteiger charge is 2.15. The Morgan fingerprint density at radius 3 is 2.70 bits per heavy atom. The summed E-state index contributed by atoms with van der Waals surface area (Å²) in [5, 5.41) is 13.7. The van der Waals surface area contributed by atoms with Gasteiger partial charge in [0.25, 0.3) is 11.6 Å². The fourth-order valence-corrected chi connectivity index (χ4v) is 2.13. The van der Waals surface area contributed by atoms with Gasteiger partial charge in [-0.05, 0) is 40.8 Å². The number of amides is 1. The Bertz CT molecular complexity index is 676. The summed E-state index contributed by atoms with van der Waals surface area (Å²) < 4.78 is 0.611. The normalized spacial score (nSPS) is 10.1. The predicted molar refractivity (Wildman–Crippen MR) is 83.0 cm³/mol. The van der Waals surface area contributed by atoms with Crippen LogP contribution in [0.3, 0.4) is 0 Å². The SMILES string of the molecule is O=C(Nc1ccc(Cl)cn1)c1cc([N+](=O)[O-])ccc1I. The average molecular weight is 404 g/mol. The monoisotopic (exact) mass is 403 g/mol. The van der Waals surface area contributed by atoms with Crippen molar-refractivity contribution in [1.82, 2.24) is 4.98 Å². The lowest BCUT2D eigenvalue weighted by atomic mass is 10.2. The van der Waals surface area contributed by atoms with Gasteiger partial charge in [-0.25, -0.2) is 4.98 Å². The Kier molecular flexibility index (Phi) is 4.50. The van der Waals surface area contributed by atoms with Crippen molar-refractivity contribution in [2.75, 3.05) is 5.32 Å². The highest BCUT2D eigenvalue weighted by Crippen LogP contribution is 2.20. The van der Waals surface area contributed by atoms with Gasteiger partial charge >= 0.3 is 0 Å². The lowest BCUT2D eigenvalue weighted by Gasteiger charge is -2.06. The summed E-state index contributed by atoms with van der Waals surface area (Å²) in [6.45, 7) is 0. The van der Waals surface area contributed by atoms with Crippen LogP contribution in [0.5, 0.6) is 0 Å². The molecule has 1 amide bonds. The molecule has 2 aromatic rings. The van der Waals surface area contributed by atoms with E-state index in [0.29, 0.717) is 14.4 Å². The van der Waals surface area contributed by atoms with E-state index in [1.165, 1.54) is 24.4 Å². The van der Waals surface area contributed by atoms with E-state index in [-0.39, 0.29) is 11.3 Å². The van der Waals surface area contributed by atoms with Gasteiger partial charge in [0.05, 0.1) is 15.5 Å². The molecule has 1 N–H and O–H groups in total. The van der Waals surface area contributed by atoms with E-state index in [4.69, 9.17) is 11.6 Å². The molecule has 0 aliphatic heterocycles. The molecule has 20 heavy (non-hydrogen) atoms. The number of non-ortho nitro benzene ring substituents is 1. The largest absolute Gasteiger partial charge is 0.307 e. The summed E-state index contributed by atoms with van der Waals surface area (Å²) in [4.78, 5) is 26.2. The number of aromatic nitrogens is 1. The van der Waals surface area contributed by atoms with E-state index in [1.54, 1.807) is 12.1 Å². The first-order valence-electron chi connectivity index (χ1n) is 5.34. The van der Waals surface area contributed by atoms with Gasteiger partial charge in [0.1, 0.15) is 5.82 Å². The van der Waals surface area contributed by atoms with Crippen molar-refractivity contribution in [3.8, 4) is 0 Å². The second-order valence-electron chi connectivity index (χ2n) is 3.74. The van der Waals surface area contributed by atoms with Crippen LogP contribution in [0, 0.1) is 13.7 Å². The van der Waals surface area contributed by atoms with Gasteiger partial charge in [0.2, 0.25) is 0 Å². The summed E-state index contributed by atoms with van der Waals surface area (Å²) in [6.07, 6.45) is 1.40. The second kappa shape index (κ2) is 6.14. The predicted octanol–water partition coefficient (Wildman–Crippen LogP) is 3.50. The Balaban J connectivity index is 2.26. The van der Waals surface area contributed by atoms with Crippen LogP contribution in [0.1, 0.15) is 10.4 Å². The third-order valence-corrected chi connectivity index (χ3v) is 3.54. The first-order valence-corrected chi connectivity index (χ1v) is 6.80. The molecular weight excluding hydrogens is 397 g/mol. The number of nitrogens with zero attached hydrogens (tertiary/aromatic N) is 2. The average Bonchev–Trinajstić information content (AvgIpc) is 2.41. The number of carbonyl (C=O) groups excluding carboxylic acids is 1. The first-order chi connectivity index (χ1) is 9.47. The molecule has 0 bridgehead atoms. The lowest BCUT2D eigenvalue weighted by Crippen LogP contribution is -2.14. The minimum atomic E-state index is -0.548. The van der Waals surface area contributed by atoms with E-state index in [1.807, 2.05) is 22.6 Å². The van der Waals surface area contributed by atoms with Crippen LogP contribution >= 0.6 is 34.2 Å². The van der Waals surface area contributed by atoms with Crippen LogP contribution in [0.2, 0.25) is 5.02 Å². The number of nitrogens with one attached hydrogen (secondary N) is 1. The molecule has 1 aromatic heterocycles. The standard InChI is InChI=1S/C12H7ClIN3O3/c13-7-1-4-11(15-6-7)16-12(18)9-5-8(17(19)20)2-3-10(9)14/h1-6H,(H,15,16,18). The van der Waals surface area contributed by atoms with Crippen molar-refractivity contribution in [1.29, 1.82) is 0 Å². The maximum Gasteiger partial charge on any atom is 0.270 e. The topological polar surface area (TPSA) is 85.1 Å². The fourth-order valence-electron chi connectivity index (χ4n) is 1.43. The fraction of sp³-hybridized carbons (Fsp3) is 0. The molecule has 6 nitrogen and oxygen atoms in total. The number of carbonyl (C=O) groups is 1. The second-order valence-corrected chi connectivity index (χ2v) is 5.34. The summed E-state index contributed by atoms with van der Waals surface area (Å²) in [5.41, 5.74) is 0.0798. The Hall–Kier alpha value is -1.74. The quantitative estimate of drug-likeness (QED) is 0.483. The number of hydrogen-bond acceptors (Lipinski definition) is 4. The van der Waals surface area contributed by atoms with E-state index >= 15 is 0 Å². The van der Waals surface area contributed by atoms with Gasteiger partial charge in [-0.15, -0.1) is 0 Å². The number of anilines is 1. The zero-order valence-electron chi connectivity index (χ0n) is 9.84. The van der Waals surface area contributed by atoms with Crippen LogP contribution in [0.4, 0.5) is 11.5 Å². The van der Waals surface area contributed by atoms with E-state index in [2.05, 4.69) is 10.3 Å². The summed E-state index contributed by atoms with van der Waals surface area (Å²) >= 11 is 7.63. The van der Waals surface area contributed by atoms with Crippen LogP contribution in [-0.2, 0) is 0 Å². The van der Waals surface area contributed by atoms with Crippen molar-refractivity contribution >= 4 is 51.6 Å². The molecule has 0 spiro atoms. The molecule has 1 heterocycles. The molecule has 0 saturated carbocycles. The molecule has 0 unspecified atom stereocenters. The van der Waals surface area contributed by atoms with Crippen LogP contribution in [-0.4, -0.2) is 15.8 Å². The number of hydrogen-bond donors (Lipinski definition) is 1. The minimum Gasteiger partial charge on any atom is -0.307 e. The summed E-state index contributed by atoms with van der Waals surface area (Å²) in [5.74, 6) is -0.144. The third-order valence-electron chi connectivity index (χ3n) is 2.37. The van der Waals surface area contributed by atoms with Crippen molar-refractivity contribution in [2.24, 2.45) is 0 Å². The number of pyridine rings is 1. The Labute approximate surface area is 132 Å². The lowest BCUT2D eigenvalue weighted by molar-refractivity contribution is -0.384. The van der Waals surface area contributed by atoms with Crippen LogP contribution in [0.25, 0.3) is 0 Å². The smallest absolute Gasteiger partial charge is 0.270 e. The summed E-state index contributed by atoms with van der Waals surface area (Å²) in [6, 6.07) is 7.22. The maximum absolute atomic E-state index is 12.1. The minimum absolute atomic E-state index is 0.139. The van der Waals surface area contributed by atoms with E-state index in [0.717, 1.165) is 0 Å². The molecule has 0 aliphatic rings. The highest BCUT2D eigenvalue weighted by molar-refractivity contribution is 14.1. The van der Waals surface area contributed by atoms with Crippen molar-refractivity contribution < 1.29 is 9.72 Å². The molecule has 0 saturated heterocycles. The number of nitro groups is 1. The number of nitro benzene ring substituents is 1. The zero-order valence-corrected chi connectivity index (χ0v) is 12.8. The molecule has 102 valence electrons. The van der Waals surface area contributed by atoms with Gasteiger partial charge in [-0.1, -0.05) is 11.6 Å². The molecule has 1 aromatic carbocycles. The number of benzene rings is 1. The van der Waals surface area contributed by atoms with Gasteiger partial charge in [-0.3, -0.25) is 14.9 Å². The molecule has 8 heteroatoms. The van der Waals surface area contributed by atoms with Crippen LogP contribution in [0.15, 0.2) is 36.5 Å². The molecule has 0 fully saturated rings. The van der Waals surface area contributed by atoms with Crippen molar-refractivity contribution in [3.63, 3.8) is 0 Å².